The number of nitrogens with zero attached hydrogens (tertiary/aromatic N) is 1. The normalized spacial score (nSPS) is 11.3. The second-order valence-corrected chi connectivity index (χ2v) is 7.26. The number of aromatic amines is 1. The molecule has 0 bridgehead atoms. The number of halogens is 1. The number of nitrogens with one attached hydrogen (secondary N) is 1. The summed E-state index contributed by atoms with van der Waals surface area (Å²) in [5, 5.41) is 1.86. The van der Waals surface area contributed by atoms with Crippen LogP contribution in [0.15, 0.2) is 78.9 Å². The average Bonchev–Trinajstić information content (AvgIpc) is 3.07. The molecule has 2 heterocycles. The molecule has 3 heteroatoms. The van der Waals surface area contributed by atoms with Gasteiger partial charge in [0.15, 0.2) is 0 Å². The Labute approximate surface area is 162 Å². The maximum absolute atomic E-state index is 6.07. The first-order chi connectivity index (χ1) is 13.2. The van der Waals surface area contributed by atoms with Gasteiger partial charge in [-0.15, -0.1) is 0 Å². The maximum atomic E-state index is 6.07. The predicted octanol–water partition coefficient (Wildman–Crippen LogP) is 7.01. The predicted molar refractivity (Wildman–Crippen MR) is 114 cm³/mol. The lowest BCUT2D eigenvalue weighted by Gasteiger charge is -2.09. The molecule has 0 atom stereocenters. The van der Waals surface area contributed by atoms with Crippen molar-refractivity contribution in [3.63, 3.8) is 0 Å². The van der Waals surface area contributed by atoms with Crippen molar-refractivity contribution in [1.29, 1.82) is 0 Å². The number of pyridine rings is 1. The van der Waals surface area contributed by atoms with E-state index in [9.17, 15) is 0 Å². The van der Waals surface area contributed by atoms with E-state index in [1.165, 1.54) is 11.1 Å². The van der Waals surface area contributed by atoms with E-state index in [0.29, 0.717) is 0 Å². The number of hydrogen-bond acceptors (Lipinski definition) is 1. The minimum atomic E-state index is 0.727. The quantitative estimate of drug-likeness (QED) is 0.356. The first-order valence-corrected chi connectivity index (χ1v) is 9.31. The maximum Gasteiger partial charge on any atom is 0.0971 e. The van der Waals surface area contributed by atoms with E-state index in [1.807, 2.05) is 30.3 Å². The molecular weight excluding hydrogens is 352 g/mol. The van der Waals surface area contributed by atoms with Crippen molar-refractivity contribution in [1.82, 2.24) is 9.97 Å². The van der Waals surface area contributed by atoms with Crippen LogP contribution in [-0.2, 0) is 0 Å². The molecule has 0 saturated heterocycles. The minimum Gasteiger partial charge on any atom is -0.353 e. The number of para-hydroxylation sites is 1. The van der Waals surface area contributed by atoms with Gasteiger partial charge in [-0.25, -0.2) is 4.98 Å². The topological polar surface area (TPSA) is 28.7 Å². The summed E-state index contributed by atoms with van der Waals surface area (Å²) in [6, 6.07) is 26.9. The third-order valence-electron chi connectivity index (χ3n) is 4.96. The highest BCUT2D eigenvalue weighted by Crippen LogP contribution is 2.35. The molecule has 0 amide bonds. The van der Waals surface area contributed by atoms with Crippen molar-refractivity contribution in [2.24, 2.45) is 0 Å². The molecule has 27 heavy (non-hydrogen) atoms. The smallest absolute Gasteiger partial charge is 0.0971 e. The molecule has 0 fully saturated rings. The molecule has 0 radical (unpaired) electrons. The Bertz CT molecular complexity index is 1270. The third kappa shape index (κ3) is 2.79. The van der Waals surface area contributed by atoms with Crippen LogP contribution < -0.4 is 0 Å². The van der Waals surface area contributed by atoms with Gasteiger partial charge in [0.1, 0.15) is 0 Å². The second kappa shape index (κ2) is 6.26. The van der Waals surface area contributed by atoms with Crippen LogP contribution in [0.3, 0.4) is 0 Å². The van der Waals surface area contributed by atoms with Crippen LogP contribution in [-0.4, -0.2) is 9.97 Å². The summed E-state index contributed by atoms with van der Waals surface area (Å²) in [5.74, 6) is 0. The van der Waals surface area contributed by atoms with Crippen molar-refractivity contribution in [2.75, 3.05) is 0 Å². The van der Waals surface area contributed by atoms with Crippen LogP contribution >= 0.6 is 11.6 Å². The molecule has 0 saturated carbocycles. The van der Waals surface area contributed by atoms with E-state index < -0.39 is 0 Å². The van der Waals surface area contributed by atoms with Gasteiger partial charge in [0.05, 0.1) is 16.7 Å². The molecule has 130 valence electrons. The Morgan fingerprint density at radius 1 is 0.815 bits per heavy atom. The summed E-state index contributed by atoms with van der Waals surface area (Å²) in [4.78, 5) is 8.56. The minimum absolute atomic E-state index is 0.727. The zero-order chi connectivity index (χ0) is 18.4. The van der Waals surface area contributed by atoms with Gasteiger partial charge in [-0.05, 0) is 36.8 Å². The third-order valence-corrected chi connectivity index (χ3v) is 5.22. The van der Waals surface area contributed by atoms with Crippen molar-refractivity contribution in [3.8, 4) is 22.4 Å². The molecule has 0 aliphatic heterocycles. The molecule has 2 aromatic heterocycles. The van der Waals surface area contributed by atoms with Crippen molar-refractivity contribution in [2.45, 2.75) is 6.92 Å². The van der Waals surface area contributed by atoms with E-state index in [-0.39, 0.29) is 0 Å². The summed E-state index contributed by atoms with van der Waals surface area (Å²) in [5.41, 5.74) is 8.74. The highest BCUT2D eigenvalue weighted by molar-refractivity contribution is 6.30. The lowest BCUT2D eigenvalue weighted by atomic mass is 10.0. The molecule has 5 aromatic rings. The zero-order valence-electron chi connectivity index (χ0n) is 14.8. The van der Waals surface area contributed by atoms with Crippen LogP contribution in [0, 0.1) is 6.92 Å². The van der Waals surface area contributed by atoms with Gasteiger partial charge in [-0.3, -0.25) is 0 Å². The van der Waals surface area contributed by atoms with Gasteiger partial charge in [0.25, 0.3) is 0 Å². The van der Waals surface area contributed by atoms with Gasteiger partial charge in [-0.1, -0.05) is 71.8 Å². The molecule has 0 aliphatic carbocycles. The Balaban J connectivity index is 1.85. The molecule has 3 aromatic carbocycles. The standard InChI is InChI=1S/C24H17ClN2/c1-15-6-8-16(9-7-15)20-14-22(17-10-12-18(25)13-11-17)27-23-19-4-2-3-5-21(19)26-24(20)23/h2-14,26H,1H3. The first kappa shape index (κ1) is 16.1. The SMILES string of the molecule is Cc1ccc(-c2cc(-c3ccc(Cl)cc3)nc3c2[nH]c2ccccc23)cc1. The summed E-state index contributed by atoms with van der Waals surface area (Å²) >= 11 is 6.07. The lowest BCUT2D eigenvalue weighted by Crippen LogP contribution is -1.89. The number of hydrogen-bond donors (Lipinski definition) is 1. The highest BCUT2D eigenvalue weighted by Gasteiger charge is 2.14. The fraction of sp³-hybridized carbons (Fsp3) is 0.0417. The largest absolute Gasteiger partial charge is 0.353 e. The number of aryl methyl sites for hydroxylation is 1. The average molecular weight is 369 g/mol. The van der Waals surface area contributed by atoms with E-state index in [1.54, 1.807) is 0 Å². The van der Waals surface area contributed by atoms with Gasteiger partial charge < -0.3 is 4.98 Å². The van der Waals surface area contributed by atoms with Crippen molar-refractivity contribution >= 4 is 33.5 Å². The summed E-state index contributed by atoms with van der Waals surface area (Å²) in [6.07, 6.45) is 0. The Hall–Kier alpha value is -3.10. The molecule has 1 N–H and O–H groups in total. The summed E-state index contributed by atoms with van der Waals surface area (Å²) in [6.45, 7) is 2.11. The number of H-pyrrole nitrogens is 1. The molecule has 0 spiro atoms. The Morgan fingerprint density at radius 3 is 2.30 bits per heavy atom. The molecule has 0 unspecified atom stereocenters. The van der Waals surface area contributed by atoms with Gasteiger partial charge in [0.2, 0.25) is 0 Å². The number of benzene rings is 3. The highest BCUT2D eigenvalue weighted by atomic mass is 35.5. The van der Waals surface area contributed by atoms with Crippen molar-refractivity contribution < 1.29 is 0 Å². The molecular formula is C24H17ClN2. The first-order valence-electron chi connectivity index (χ1n) is 8.93. The number of fused-ring (bicyclic) bond motifs is 3. The molecule has 5 rings (SSSR count). The van der Waals surface area contributed by atoms with E-state index in [4.69, 9.17) is 16.6 Å². The van der Waals surface area contributed by atoms with Crippen LogP contribution in [0.1, 0.15) is 5.56 Å². The van der Waals surface area contributed by atoms with Gasteiger partial charge >= 0.3 is 0 Å². The summed E-state index contributed by atoms with van der Waals surface area (Å²) in [7, 11) is 0. The lowest BCUT2D eigenvalue weighted by molar-refractivity contribution is 1.39. The molecule has 2 nitrogen and oxygen atoms in total. The zero-order valence-corrected chi connectivity index (χ0v) is 15.6. The van der Waals surface area contributed by atoms with Crippen LogP contribution in [0.5, 0.6) is 0 Å². The number of aromatic nitrogens is 2. The van der Waals surface area contributed by atoms with E-state index in [2.05, 4.69) is 60.4 Å². The molecule has 0 aliphatic rings. The fourth-order valence-corrected chi connectivity index (χ4v) is 3.66. The second-order valence-electron chi connectivity index (χ2n) is 6.82. The number of rotatable bonds is 2. The Kier molecular flexibility index (Phi) is 3.73. The summed E-state index contributed by atoms with van der Waals surface area (Å²) < 4.78 is 0. The fourth-order valence-electron chi connectivity index (χ4n) is 3.53. The van der Waals surface area contributed by atoms with Crippen LogP contribution in [0.4, 0.5) is 0 Å². The van der Waals surface area contributed by atoms with Gasteiger partial charge in [0, 0.05) is 27.1 Å². The van der Waals surface area contributed by atoms with Crippen LogP contribution in [0.25, 0.3) is 44.3 Å². The van der Waals surface area contributed by atoms with Gasteiger partial charge in [-0.2, -0.15) is 0 Å². The van der Waals surface area contributed by atoms with E-state index in [0.717, 1.165) is 43.8 Å². The Morgan fingerprint density at radius 2 is 1.52 bits per heavy atom. The van der Waals surface area contributed by atoms with E-state index >= 15 is 0 Å². The van der Waals surface area contributed by atoms with Crippen molar-refractivity contribution in [3.05, 3.63) is 89.4 Å². The monoisotopic (exact) mass is 368 g/mol. The van der Waals surface area contributed by atoms with Crippen LogP contribution in [0.2, 0.25) is 5.02 Å².